The van der Waals surface area contributed by atoms with Gasteiger partial charge in [-0.25, -0.2) is 4.39 Å². The van der Waals surface area contributed by atoms with E-state index in [1.54, 1.807) is 24.3 Å². The summed E-state index contributed by atoms with van der Waals surface area (Å²) in [6, 6.07) is 21.4. The number of ether oxygens (including phenoxy) is 1. The van der Waals surface area contributed by atoms with E-state index >= 15 is 0 Å². The van der Waals surface area contributed by atoms with E-state index in [0.717, 1.165) is 18.1 Å². The molecule has 0 atom stereocenters. The van der Waals surface area contributed by atoms with Crippen LogP contribution in [0.1, 0.15) is 38.3 Å². The Bertz CT molecular complexity index is 1160. The zero-order valence-corrected chi connectivity index (χ0v) is 17.5. The molecule has 1 heterocycles. The fourth-order valence-electron chi connectivity index (χ4n) is 3.72. The number of rotatable bonds is 6. The molecule has 0 aromatic heterocycles. The van der Waals surface area contributed by atoms with Gasteiger partial charge in [-0.15, -0.1) is 0 Å². The monoisotopic (exact) mass is 430 g/mol. The highest BCUT2D eigenvalue weighted by molar-refractivity contribution is 5.96. The molecular formula is C26H23FN2O3. The van der Waals surface area contributed by atoms with Crippen LogP contribution in [0.2, 0.25) is 0 Å². The highest BCUT2D eigenvalue weighted by Crippen LogP contribution is 2.24. The Hall–Kier alpha value is -3.93. The molecule has 32 heavy (non-hydrogen) atoms. The van der Waals surface area contributed by atoms with Crippen molar-refractivity contribution in [2.24, 2.45) is 5.73 Å². The standard InChI is InChI=1S/C26H23FN2O3/c27-22-7-4-8-23(24(22)25(28)30)32-17-18-9-11-21(12-10-18)26(31)29-15-13-20(14-16-29)19-5-2-1-3-6-19/h1-13H,14-17H2,(H2,28,30). The van der Waals surface area contributed by atoms with Gasteiger partial charge in [-0.2, -0.15) is 0 Å². The van der Waals surface area contributed by atoms with Crippen molar-refractivity contribution in [3.05, 3.63) is 107 Å². The van der Waals surface area contributed by atoms with Crippen molar-refractivity contribution < 1.29 is 18.7 Å². The lowest BCUT2D eigenvalue weighted by molar-refractivity contribution is 0.0772. The Morgan fingerprint density at radius 1 is 0.969 bits per heavy atom. The van der Waals surface area contributed by atoms with E-state index in [1.165, 1.54) is 23.3 Å². The quantitative estimate of drug-likeness (QED) is 0.629. The van der Waals surface area contributed by atoms with Gasteiger partial charge in [0.1, 0.15) is 23.7 Å². The van der Waals surface area contributed by atoms with Gasteiger partial charge >= 0.3 is 0 Å². The normalized spacial score (nSPS) is 13.4. The minimum Gasteiger partial charge on any atom is -0.488 e. The molecule has 4 rings (SSSR count). The molecule has 0 radical (unpaired) electrons. The molecule has 0 aliphatic carbocycles. The molecule has 2 N–H and O–H groups in total. The molecule has 6 heteroatoms. The number of nitrogens with two attached hydrogens (primary N) is 1. The molecule has 0 spiro atoms. The maximum Gasteiger partial charge on any atom is 0.255 e. The number of halogens is 1. The number of benzene rings is 3. The summed E-state index contributed by atoms with van der Waals surface area (Å²) in [5.74, 6) is -1.54. The fraction of sp³-hybridized carbons (Fsp3) is 0.154. The van der Waals surface area contributed by atoms with Crippen LogP contribution in [-0.4, -0.2) is 29.8 Å². The minimum absolute atomic E-state index is 0.0259. The predicted octanol–water partition coefficient (Wildman–Crippen LogP) is 4.43. The molecule has 1 aliphatic rings. The van der Waals surface area contributed by atoms with Gasteiger partial charge in [-0.05, 0) is 47.4 Å². The molecule has 2 amide bonds. The van der Waals surface area contributed by atoms with Crippen molar-refractivity contribution in [2.75, 3.05) is 13.1 Å². The van der Waals surface area contributed by atoms with E-state index in [4.69, 9.17) is 10.5 Å². The zero-order valence-electron chi connectivity index (χ0n) is 17.5. The lowest BCUT2D eigenvalue weighted by Crippen LogP contribution is -2.34. The highest BCUT2D eigenvalue weighted by Gasteiger charge is 2.19. The first-order chi connectivity index (χ1) is 15.5. The molecule has 162 valence electrons. The van der Waals surface area contributed by atoms with Crippen LogP contribution in [0.4, 0.5) is 4.39 Å². The molecule has 0 fully saturated rings. The largest absolute Gasteiger partial charge is 0.488 e. The number of carbonyl (C=O) groups excluding carboxylic acids is 2. The lowest BCUT2D eigenvalue weighted by Gasteiger charge is -2.27. The summed E-state index contributed by atoms with van der Waals surface area (Å²) in [5, 5.41) is 0. The Morgan fingerprint density at radius 3 is 2.38 bits per heavy atom. The predicted molar refractivity (Wildman–Crippen MR) is 121 cm³/mol. The molecule has 3 aromatic carbocycles. The van der Waals surface area contributed by atoms with E-state index in [2.05, 4.69) is 18.2 Å². The first kappa shape index (κ1) is 21.3. The van der Waals surface area contributed by atoms with Crippen molar-refractivity contribution in [2.45, 2.75) is 13.0 Å². The van der Waals surface area contributed by atoms with Gasteiger partial charge in [-0.1, -0.05) is 54.6 Å². The third kappa shape index (κ3) is 4.70. The lowest BCUT2D eigenvalue weighted by atomic mass is 9.99. The Morgan fingerprint density at radius 2 is 1.72 bits per heavy atom. The van der Waals surface area contributed by atoms with Gasteiger partial charge in [0.25, 0.3) is 11.8 Å². The van der Waals surface area contributed by atoms with E-state index in [9.17, 15) is 14.0 Å². The van der Waals surface area contributed by atoms with Gasteiger partial charge in [0.2, 0.25) is 0 Å². The number of carbonyl (C=O) groups is 2. The van der Waals surface area contributed by atoms with Crippen LogP contribution < -0.4 is 10.5 Å². The van der Waals surface area contributed by atoms with E-state index in [0.29, 0.717) is 18.7 Å². The Balaban J connectivity index is 1.38. The molecule has 0 saturated carbocycles. The molecular weight excluding hydrogens is 407 g/mol. The zero-order chi connectivity index (χ0) is 22.5. The number of primary amides is 1. The van der Waals surface area contributed by atoms with E-state index < -0.39 is 11.7 Å². The molecule has 1 aliphatic heterocycles. The molecule has 0 bridgehead atoms. The number of amides is 2. The van der Waals surface area contributed by atoms with Gasteiger partial charge in [-0.3, -0.25) is 9.59 Å². The average molecular weight is 430 g/mol. The first-order valence-corrected chi connectivity index (χ1v) is 10.4. The van der Waals surface area contributed by atoms with Crippen LogP contribution in [0.15, 0.2) is 78.9 Å². The minimum atomic E-state index is -0.884. The molecule has 0 unspecified atom stereocenters. The topological polar surface area (TPSA) is 72.6 Å². The summed E-state index contributed by atoms with van der Waals surface area (Å²) in [6.45, 7) is 1.36. The van der Waals surface area contributed by atoms with Gasteiger partial charge in [0.05, 0.1) is 0 Å². The van der Waals surface area contributed by atoms with Gasteiger partial charge in [0.15, 0.2) is 0 Å². The molecule has 0 saturated heterocycles. The third-order valence-corrected chi connectivity index (χ3v) is 5.46. The van der Waals surface area contributed by atoms with Crippen molar-refractivity contribution in [3.8, 4) is 5.75 Å². The van der Waals surface area contributed by atoms with Crippen LogP contribution in [-0.2, 0) is 6.61 Å². The van der Waals surface area contributed by atoms with E-state index in [1.807, 2.05) is 23.1 Å². The van der Waals surface area contributed by atoms with Crippen molar-refractivity contribution in [1.29, 1.82) is 0 Å². The van der Waals surface area contributed by atoms with Crippen LogP contribution in [0, 0.1) is 5.82 Å². The van der Waals surface area contributed by atoms with Crippen molar-refractivity contribution >= 4 is 17.4 Å². The fourth-order valence-corrected chi connectivity index (χ4v) is 3.72. The number of nitrogens with zero attached hydrogens (tertiary/aromatic N) is 1. The number of hydrogen-bond donors (Lipinski definition) is 1. The summed E-state index contributed by atoms with van der Waals surface area (Å²) in [5.41, 5.74) is 8.80. The first-order valence-electron chi connectivity index (χ1n) is 10.4. The maximum absolute atomic E-state index is 13.8. The maximum atomic E-state index is 13.8. The average Bonchev–Trinajstić information content (AvgIpc) is 2.83. The van der Waals surface area contributed by atoms with Crippen LogP contribution in [0.25, 0.3) is 5.57 Å². The SMILES string of the molecule is NC(=O)c1c(F)cccc1OCc1ccc(C(=O)N2CC=C(c3ccccc3)CC2)cc1. The second kappa shape index (κ2) is 9.47. The van der Waals surface area contributed by atoms with E-state index in [-0.39, 0.29) is 23.8 Å². The smallest absolute Gasteiger partial charge is 0.255 e. The highest BCUT2D eigenvalue weighted by atomic mass is 19.1. The van der Waals surface area contributed by atoms with Gasteiger partial charge in [0, 0.05) is 18.7 Å². The summed E-state index contributed by atoms with van der Waals surface area (Å²) in [6.07, 6.45) is 2.92. The second-order valence-corrected chi connectivity index (χ2v) is 7.56. The molecule has 5 nitrogen and oxygen atoms in total. The Labute approximate surface area is 185 Å². The summed E-state index contributed by atoms with van der Waals surface area (Å²) in [7, 11) is 0. The van der Waals surface area contributed by atoms with Crippen LogP contribution in [0.3, 0.4) is 0 Å². The third-order valence-electron chi connectivity index (χ3n) is 5.46. The molecule has 3 aromatic rings. The summed E-state index contributed by atoms with van der Waals surface area (Å²) in [4.78, 5) is 26.2. The Kier molecular flexibility index (Phi) is 6.31. The van der Waals surface area contributed by atoms with Crippen LogP contribution >= 0.6 is 0 Å². The van der Waals surface area contributed by atoms with Crippen molar-refractivity contribution in [1.82, 2.24) is 4.90 Å². The second-order valence-electron chi connectivity index (χ2n) is 7.56. The summed E-state index contributed by atoms with van der Waals surface area (Å²) < 4.78 is 19.4. The van der Waals surface area contributed by atoms with Crippen molar-refractivity contribution in [3.63, 3.8) is 0 Å². The van der Waals surface area contributed by atoms with Gasteiger partial charge < -0.3 is 15.4 Å². The number of hydrogen-bond acceptors (Lipinski definition) is 3. The van der Waals surface area contributed by atoms with Crippen LogP contribution in [0.5, 0.6) is 5.75 Å². The summed E-state index contributed by atoms with van der Waals surface area (Å²) >= 11 is 0.